The minimum Gasteiger partial charge on any atom is -0.478 e. The minimum atomic E-state index is -0.970. The zero-order chi connectivity index (χ0) is 12.8. The normalized spacial score (nSPS) is 12.0. The van der Waals surface area contributed by atoms with Gasteiger partial charge in [-0.1, -0.05) is 32.4 Å². The number of carbonyl (C=O) groups is 1. The number of fused-ring (bicyclic) bond motifs is 1. The third-order valence-corrected chi connectivity index (χ3v) is 2.79. The Kier molecular flexibility index (Phi) is 2.62. The number of hydrogen-bond acceptors (Lipinski definition) is 2. The van der Waals surface area contributed by atoms with Gasteiger partial charge in [-0.25, -0.2) is 9.78 Å². The maximum atomic E-state index is 10.9. The lowest BCUT2D eigenvalue weighted by molar-refractivity contribution is 0.0697. The first kappa shape index (κ1) is 11.9. The summed E-state index contributed by atoms with van der Waals surface area (Å²) in [7, 11) is 0. The van der Waals surface area contributed by atoms with Crippen LogP contribution in [0.1, 0.15) is 37.0 Å². The van der Waals surface area contributed by atoms with E-state index in [9.17, 15) is 4.79 Å². The van der Waals surface area contributed by atoms with Crippen molar-refractivity contribution in [1.82, 2.24) is 9.38 Å². The second-order valence-electron chi connectivity index (χ2n) is 4.95. The summed E-state index contributed by atoms with van der Waals surface area (Å²) >= 11 is 6.04. The highest BCUT2D eigenvalue weighted by Gasteiger charge is 2.22. The number of nitrogens with zero attached hydrogens (tertiary/aromatic N) is 2. The number of halogens is 1. The first-order valence-electron chi connectivity index (χ1n) is 5.22. The average Bonchev–Trinajstić information content (AvgIpc) is 2.55. The monoisotopic (exact) mass is 252 g/mol. The molecular formula is C12H13ClN2O2. The molecule has 0 bridgehead atoms. The van der Waals surface area contributed by atoms with Crippen LogP contribution in [0, 0.1) is 0 Å². The molecule has 1 N–H and O–H groups in total. The van der Waals surface area contributed by atoms with Gasteiger partial charge >= 0.3 is 5.97 Å². The molecule has 0 aliphatic carbocycles. The lowest BCUT2D eigenvalue weighted by Gasteiger charge is -2.16. The van der Waals surface area contributed by atoms with E-state index in [1.807, 2.05) is 25.2 Å². The number of aromatic carboxylic acids is 1. The average molecular weight is 253 g/mol. The maximum absolute atomic E-state index is 10.9. The second kappa shape index (κ2) is 3.74. The third-order valence-electron chi connectivity index (χ3n) is 2.52. The molecule has 17 heavy (non-hydrogen) atoms. The zero-order valence-electron chi connectivity index (χ0n) is 9.86. The van der Waals surface area contributed by atoms with Crippen molar-refractivity contribution in [2.45, 2.75) is 26.2 Å². The molecule has 2 rings (SSSR count). The third kappa shape index (κ3) is 2.00. The highest BCUT2D eigenvalue weighted by Crippen LogP contribution is 2.27. The van der Waals surface area contributed by atoms with Crippen LogP contribution in [0.25, 0.3) is 5.52 Å². The standard InChI is InChI=1S/C12H13ClN2O2/c1-12(2,3)11-14-9(13)8-6-7(10(16)17)4-5-15(8)11/h4-6H,1-3H3,(H,16,17). The lowest BCUT2D eigenvalue weighted by atomic mass is 9.96. The van der Waals surface area contributed by atoms with E-state index in [0.717, 1.165) is 5.82 Å². The van der Waals surface area contributed by atoms with Gasteiger partial charge in [0.2, 0.25) is 0 Å². The molecule has 0 unspecified atom stereocenters. The number of aromatic nitrogens is 2. The Hall–Kier alpha value is -1.55. The molecule has 2 aromatic heterocycles. The summed E-state index contributed by atoms with van der Waals surface area (Å²) < 4.78 is 1.83. The van der Waals surface area contributed by atoms with Crippen LogP contribution in [0.2, 0.25) is 5.15 Å². The van der Waals surface area contributed by atoms with E-state index in [4.69, 9.17) is 16.7 Å². The smallest absolute Gasteiger partial charge is 0.335 e. The van der Waals surface area contributed by atoms with E-state index in [-0.39, 0.29) is 11.0 Å². The van der Waals surface area contributed by atoms with Gasteiger partial charge in [-0.05, 0) is 12.1 Å². The van der Waals surface area contributed by atoms with Crippen molar-refractivity contribution in [3.8, 4) is 0 Å². The molecule has 0 amide bonds. The summed E-state index contributed by atoms with van der Waals surface area (Å²) in [5, 5.41) is 9.26. The van der Waals surface area contributed by atoms with Crippen molar-refractivity contribution < 1.29 is 9.90 Å². The molecule has 0 saturated carbocycles. The number of rotatable bonds is 1. The fraction of sp³-hybridized carbons (Fsp3) is 0.333. The summed E-state index contributed by atoms with van der Waals surface area (Å²) in [5.74, 6) is -0.156. The van der Waals surface area contributed by atoms with Gasteiger partial charge in [0.15, 0.2) is 5.15 Å². The topological polar surface area (TPSA) is 54.6 Å². The summed E-state index contributed by atoms with van der Waals surface area (Å²) in [4.78, 5) is 15.2. The summed E-state index contributed by atoms with van der Waals surface area (Å²) in [6.07, 6.45) is 1.69. The van der Waals surface area contributed by atoms with Gasteiger partial charge in [-0.2, -0.15) is 0 Å². The van der Waals surface area contributed by atoms with Crippen molar-refractivity contribution in [3.05, 3.63) is 34.9 Å². The summed E-state index contributed by atoms with van der Waals surface area (Å²) in [5.41, 5.74) is 0.678. The van der Waals surface area contributed by atoms with Crippen LogP contribution in [0.3, 0.4) is 0 Å². The Morgan fingerprint density at radius 2 is 2.12 bits per heavy atom. The highest BCUT2D eigenvalue weighted by molar-refractivity contribution is 6.32. The van der Waals surface area contributed by atoms with Crippen LogP contribution >= 0.6 is 11.6 Å². The number of pyridine rings is 1. The van der Waals surface area contributed by atoms with Crippen LogP contribution in [0.5, 0.6) is 0 Å². The van der Waals surface area contributed by atoms with Crippen LogP contribution in [-0.4, -0.2) is 20.5 Å². The second-order valence-corrected chi connectivity index (χ2v) is 5.31. The van der Waals surface area contributed by atoms with Crippen LogP contribution in [0.15, 0.2) is 18.3 Å². The molecule has 0 atom stereocenters. The predicted molar refractivity (Wildman–Crippen MR) is 65.9 cm³/mol. The highest BCUT2D eigenvalue weighted by atomic mass is 35.5. The Balaban J connectivity index is 2.74. The fourth-order valence-corrected chi connectivity index (χ4v) is 1.94. The van der Waals surface area contributed by atoms with Crippen LogP contribution in [-0.2, 0) is 5.41 Å². The predicted octanol–water partition coefficient (Wildman–Crippen LogP) is 2.98. The number of carboxylic acids is 1. The molecule has 0 radical (unpaired) electrons. The van der Waals surface area contributed by atoms with Gasteiger partial charge in [0.25, 0.3) is 0 Å². The van der Waals surface area contributed by atoms with E-state index in [2.05, 4.69) is 4.98 Å². The van der Waals surface area contributed by atoms with Crippen molar-refractivity contribution >= 4 is 23.1 Å². The molecule has 90 valence electrons. The van der Waals surface area contributed by atoms with Crippen LogP contribution < -0.4 is 0 Å². The van der Waals surface area contributed by atoms with E-state index in [1.165, 1.54) is 6.07 Å². The van der Waals surface area contributed by atoms with Crippen molar-refractivity contribution in [1.29, 1.82) is 0 Å². The number of imidazole rings is 1. The van der Waals surface area contributed by atoms with Gasteiger partial charge in [0, 0.05) is 11.6 Å². The van der Waals surface area contributed by atoms with E-state index in [1.54, 1.807) is 12.3 Å². The molecule has 4 nitrogen and oxygen atoms in total. The van der Waals surface area contributed by atoms with E-state index < -0.39 is 5.97 Å². The fourth-order valence-electron chi connectivity index (χ4n) is 1.71. The van der Waals surface area contributed by atoms with E-state index >= 15 is 0 Å². The molecular weight excluding hydrogens is 240 g/mol. The number of hydrogen-bond donors (Lipinski definition) is 1. The Morgan fingerprint density at radius 3 is 2.65 bits per heavy atom. The minimum absolute atomic E-state index is 0.152. The summed E-state index contributed by atoms with van der Waals surface area (Å²) in [6.45, 7) is 6.09. The molecule has 0 aliphatic rings. The molecule has 0 aliphatic heterocycles. The van der Waals surface area contributed by atoms with Crippen LogP contribution in [0.4, 0.5) is 0 Å². The van der Waals surface area contributed by atoms with Gasteiger partial charge < -0.3 is 9.51 Å². The largest absolute Gasteiger partial charge is 0.478 e. The Labute approximate surface area is 104 Å². The molecule has 0 spiro atoms. The molecule has 2 aromatic rings. The first-order valence-corrected chi connectivity index (χ1v) is 5.60. The SMILES string of the molecule is CC(C)(C)c1nc(Cl)c2cc(C(=O)O)ccn12. The molecule has 0 fully saturated rings. The molecule has 2 heterocycles. The van der Waals surface area contributed by atoms with Gasteiger partial charge in [-0.15, -0.1) is 0 Å². The van der Waals surface area contributed by atoms with Crippen molar-refractivity contribution in [3.63, 3.8) is 0 Å². The number of carboxylic acid groups (broad SMARTS) is 1. The Morgan fingerprint density at radius 1 is 1.47 bits per heavy atom. The zero-order valence-corrected chi connectivity index (χ0v) is 10.6. The lowest BCUT2D eigenvalue weighted by Crippen LogP contribution is -2.15. The van der Waals surface area contributed by atoms with E-state index in [0.29, 0.717) is 10.7 Å². The first-order chi connectivity index (χ1) is 7.80. The van der Waals surface area contributed by atoms with Crippen molar-refractivity contribution in [2.75, 3.05) is 0 Å². The molecule has 0 saturated heterocycles. The van der Waals surface area contributed by atoms with Gasteiger partial charge in [0.05, 0.1) is 11.1 Å². The van der Waals surface area contributed by atoms with Gasteiger partial charge in [0.1, 0.15) is 5.82 Å². The Bertz CT molecular complexity index is 596. The van der Waals surface area contributed by atoms with Crippen molar-refractivity contribution in [2.24, 2.45) is 0 Å². The van der Waals surface area contributed by atoms with Gasteiger partial charge in [-0.3, -0.25) is 0 Å². The molecule has 0 aromatic carbocycles. The molecule has 5 heteroatoms. The quantitative estimate of drug-likeness (QED) is 0.849. The summed E-state index contributed by atoms with van der Waals surface area (Å²) in [6, 6.07) is 3.08. The maximum Gasteiger partial charge on any atom is 0.335 e.